The first kappa shape index (κ1) is 10.4. The number of hydrogen-bond acceptors (Lipinski definition) is 2. The largest absolute Gasteiger partial charge is 0.306 e. The molecule has 0 aliphatic carbocycles. The molecule has 0 spiro atoms. The standard InChI is InChI=1S/C13H9N5/c14-17-16-11-5-3-4-10(8-11)12-9-18-7-2-1-6-13(18)15-12/h1-9H. The zero-order valence-corrected chi connectivity index (χ0v) is 9.43. The van der Waals surface area contributed by atoms with E-state index in [0.29, 0.717) is 5.69 Å². The summed E-state index contributed by atoms with van der Waals surface area (Å²) in [5, 5.41) is 3.59. The molecule has 1 aromatic carbocycles. The second-order valence-corrected chi connectivity index (χ2v) is 3.83. The first-order valence-corrected chi connectivity index (χ1v) is 5.46. The maximum atomic E-state index is 8.43. The summed E-state index contributed by atoms with van der Waals surface area (Å²) in [6.45, 7) is 0. The van der Waals surface area contributed by atoms with Gasteiger partial charge < -0.3 is 4.40 Å². The molecule has 86 valence electrons. The van der Waals surface area contributed by atoms with Gasteiger partial charge in [0.2, 0.25) is 0 Å². The fraction of sp³-hybridized carbons (Fsp3) is 0. The Hall–Kier alpha value is -2.78. The Labute approximate surface area is 103 Å². The molecular weight excluding hydrogens is 226 g/mol. The van der Waals surface area contributed by atoms with Crippen LogP contribution in [-0.4, -0.2) is 9.38 Å². The summed E-state index contributed by atoms with van der Waals surface area (Å²) < 4.78 is 1.95. The van der Waals surface area contributed by atoms with Crippen LogP contribution in [0.25, 0.3) is 27.3 Å². The summed E-state index contributed by atoms with van der Waals surface area (Å²) in [5.41, 5.74) is 11.7. The molecule has 0 aliphatic rings. The van der Waals surface area contributed by atoms with Crippen LogP contribution in [0, 0.1) is 0 Å². The third-order valence-electron chi connectivity index (χ3n) is 2.67. The van der Waals surface area contributed by atoms with E-state index < -0.39 is 0 Å². The molecule has 0 N–H and O–H groups in total. The first-order valence-electron chi connectivity index (χ1n) is 5.46. The Bertz CT molecular complexity index is 720. The summed E-state index contributed by atoms with van der Waals surface area (Å²) in [5.74, 6) is 0. The zero-order chi connectivity index (χ0) is 12.4. The molecule has 0 saturated heterocycles. The molecule has 0 saturated carbocycles. The number of imidazole rings is 1. The van der Waals surface area contributed by atoms with E-state index in [9.17, 15) is 0 Å². The second-order valence-electron chi connectivity index (χ2n) is 3.83. The molecule has 18 heavy (non-hydrogen) atoms. The van der Waals surface area contributed by atoms with Gasteiger partial charge in [0.1, 0.15) is 5.65 Å². The van der Waals surface area contributed by atoms with Crippen molar-refractivity contribution in [2.45, 2.75) is 0 Å². The highest BCUT2D eigenvalue weighted by Gasteiger charge is 2.03. The van der Waals surface area contributed by atoms with Crippen LogP contribution >= 0.6 is 0 Å². The lowest BCUT2D eigenvalue weighted by Crippen LogP contribution is -1.77. The van der Waals surface area contributed by atoms with Gasteiger partial charge in [-0.15, -0.1) is 0 Å². The molecule has 5 heteroatoms. The summed E-state index contributed by atoms with van der Waals surface area (Å²) in [6, 6.07) is 13.2. The van der Waals surface area contributed by atoms with Gasteiger partial charge in [0, 0.05) is 28.6 Å². The Balaban J connectivity index is 2.13. The number of aromatic nitrogens is 2. The zero-order valence-electron chi connectivity index (χ0n) is 9.43. The highest BCUT2D eigenvalue weighted by atomic mass is 15.1. The number of nitrogens with zero attached hydrogens (tertiary/aromatic N) is 5. The molecule has 5 nitrogen and oxygen atoms in total. The second kappa shape index (κ2) is 4.24. The molecular formula is C13H9N5. The minimum atomic E-state index is 0.590. The van der Waals surface area contributed by atoms with Crippen LogP contribution in [0.15, 0.2) is 60.0 Å². The average molecular weight is 235 g/mol. The van der Waals surface area contributed by atoms with Gasteiger partial charge in [0.05, 0.1) is 5.69 Å². The van der Waals surface area contributed by atoms with E-state index in [-0.39, 0.29) is 0 Å². The molecule has 0 amide bonds. The van der Waals surface area contributed by atoms with Crippen molar-refractivity contribution in [2.24, 2.45) is 5.11 Å². The fourth-order valence-corrected chi connectivity index (χ4v) is 1.85. The van der Waals surface area contributed by atoms with Crippen LogP contribution in [0.3, 0.4) is 0 Å². The maximum Gasteiger partial charge on any atom is 0.137 e. The van der Waals surface area contributed by atoms with Crippen LogP contribution in [0.4, 0.5) is 5.69 Å². The average Bonchev–Trinajstić information content (AvgIpc) is 2.83. The third-order valence-corrected chi connectivity index (χ3v) is 2.67. The highest BCUT2D eigenvalue weighted by molar-refractivity contribution is 5.66. The summed E-state index contributed by atoms with van der Waals surface area (Å²) >= 11 is 0. The van der Waals surface area contributed by atoms with Crippen molar-refractivity contribution in [3.05, 3.63) is 65.3 Å². The van der Waals surface area contributed by atoms with Gasteiger partial charge in [-0.2, -0.15) is 0 Å². The van der Waals surface area contributed by atoms with Crippen molar-refractivity contribution >= 4 is 11.3 Å². The fourth-order valence-electron chi connectivity index (χ4n) is 1.85. The molecule has 3 aromatic rings. The Kier molecular flexibility index (Phi) is 2.44. The maximum absolute atomic E-state index is 8.43. The van der Waals surface area contributed by atoms with E-state index >= 15 is 0 Å². The summed E-state index contributed by atoms with van der Waals surface area (Å²) in [7, 11) is 0. The normalized spacial score (nSPS) is 10.2. The predicted molar refractivity (Wildman–Crippen MR) is 69.4 cm³/mol. The number of hydrogen-bond donors (Lipinski definition) is 0. The van der Waals surface area contributed by atoms with Crippen molar-refractivity contribution in [3.8, 4) is 11.3 Å². The van der Waals surface area contributed by atoms with Crippen molar-refractivity contribution in [1.29, 1.82) is 0 Å². The monoisotopic (exact) mass is 235 g/mol. The lowest BCUT2D eigenvalue weighted by atomic mass is 10.1. The SMILES string of the molecule is [N-]=[N+]=Nc1cccc(-c2cn3ccccc3n2)c1. The van der Waals surface area contributed by atoms with E-state index in [1.54, 1.807) is 6.07 Å². The minimum absolute atomic E-state index is 0.590. The molecule has 0 aliphatic heterocycles. The van der Waals surface area contributed by atoms with Crippen molar-refractivity contribution < 1.29 is 0 Å². The van der Waals surface area contributed by atoms with Crippen molar-refractivity contribution in [3.63, 3.8) is 0 Å². The molecule has 0 atom stereocenters. The first-order chi connectivity index (χ1) is 8.86. The number of rotatable bonds is 2. The smallest absolute Gasteiger partial charge is 0.137 e. The molecule has 0 unspecified atom stereocenters. The Morgan fingerprint density at radius 3 is 2.94 bits per heavy atom. The lowest BCUT2D eigenvalue weighted by Gasteiger charge is -1.96. The number of benzene rings is 1. The van der Waals surface area contributed by atoms with E-state index in [0.717, 1.165) is 16.9 Å². The van der Waals surface area contributed by atoms with Crippen LogP contribution in [-0.2, 0) is 0 Å². The number of pyridine rings is 1. The van der Waals surface area contributed by atoms with Crippen LogP contribution < -0.4 is 0 Å². The van der Waals surface area contributed by atoms with Crippen LogP contribution in [0.1, 0.15) is 0 Å². The molecule has 2 aromatic heterocycles. The molecule has 0 fully saturated rings. The molecule has 0 bridgehead atoms. The molecule has 0 radical (unpaired) electrons. The van der Waals surface area contributed by atoms with Crippen molar-refractivity contribution in [2.75, 3.05) is 0 Å². The quantitative estimate of drug-likeness (QED) is 0.377. The summed E-state index contributed by atoms with van der Waals surface area (Å²) in [4.78, 5) is 7.30. The molecule has 3 rings (SSSR count). The van der Waals surface area contributed by atoms with Gasteiger partial charge >= 0.3 is 0 Å². The lowest BCUT2D eigenvalue weighted by molar-refractivity contribution is 1.19. The van der Waals surface area contributed by atoms with Gasteiger partial charge in [-0.1, -0.05) is 29.4 Å². The predicted octanol–water partition coefficient (Wildman–Crippen LogP) is 3.94. The van der Waals surface area contributed by atoms with Crippen LogP contribution in [0.2, 0.25) is 0 Å². The van der Waals surface area contributed by atoms with E-state index in [1.807, 2.05) is 53.2 Å². The Morgan fingerprint density at radius 1 is 1.17 bits per heavy atom. The van der Waals surface area contributed by atoms with E-state index in [1.165, 1.54) is 0 Å². The highest BCUT2D eigenvalue weighted by Crippen LogP contribution is 2.23. The number of azide groups is 1. The Morgan fingerprint density at radius 2 is 2.11 bits per heavy atom. The minimum Gasteiger partial charge on any atom is -0.306 e. The van der Waals surface area contributed by atoms with Gasteiger partial charge in [-0.25, -0.2) is 4.98 Å². The van der Waals surface area contributed by atoms with E-state index in [4.69, 9.17) is 5.53 Å². The van der Waals surface area contributed by atoms with Gasteiger partial charge in [-0.05, 0) is 23.7 Å². The molecule has 2 heterocycles. The topological polar surface area (TPSA) is 66.1 Å². The van der Waals surface area contributed by atoms with E-state index in [2.05, 4.69) is 15.0 Å². The third kappa shape index (κ3) is 1.79. The van der Waals surface area contributed by atoms with Gasteiger partial charge in [0.15, 0.2) is 0 Å². The van der Waals surface area contributed by atoms with Gasteiger partial charge in [-0.3, -0.25) is 0 Å². The van der Waals surface area contributed by atoms with Crippen LogP contribution in [0.5, 0.6) is 0 Å². The number of fused-ring (bicyclic) bond motifs is 1. The van der Waals surface area contributed by atoms with Gasteiger partial charge in [0.25, 0.3) is 0 Å². The summed E-state index contributed by atoms with van der Waals surface area (Å²) in [6.07, 6.45) is 3.90. The van der Waals surface area contributed by atoms with Crippen molar-refractivity contribution in [1.82, 2.24) is 9.38 Å².